The van der Waals surface area contributed by atoms with E-state index in [0.717, 1.165) is 0 Å². The number of hydrogen-bond acceptors (Lipinski definition) is 8. The van der Waals surface area contributed by atoms with Crippen LogP contribution in [0.4, 0.5) is 0 Å². The van der Waals surface area contributed by atoms with Crippen molar-refractivity contribution < 1.29 is 60.0 Å². The van der Waals surface area contributed by atoms with Crippen molar-refractivity contribution in [2.45, 2.75) is 0 Å². The minimum atomic E-state index is -6.11. The Balaban J connectivity index is -0.000000107. The zero-order valence-electron chi connectivity index (χ0n) is 4.73. The van der Waals surface area contributed by atoms with Crippen LogP contribution in [0, 0.1) is 0 Å². The van der Waals surface area contributed by atoms with Crippen molar-refractivity contribution in [3.05, 3.63) is 0 Å². The van der Waals surface area contributed by atoms with Gasteiger partial charge in [-0.3, -0.25) is 0 Å². The van der Waals surface area contributed by atoms with E-state index in [1.807, 2.05) is 0 Å². The molecular weight excluding hydrogens is 525 g/mol. The maximum absolute atomic E-state index is 8.64. The fourth-order valence-electron chi connectivity index (χ4n) is 0. The molecule has 0 aromatic rings. The van der Waals surface area contributed by atoms with Crippen LogP contribution in [0.15, 0.2) is 0 Å². The molecule has 0 aliphatic heterocycles. The first kappa shape index (κ1) is 17.8. The number of hydrogen-bond donors (Lipinski definition) is 0. The summed E-state index contributed by atoms with van der Waals surface area (Å²) in [5.74, 6) is 0. The molecule has 0 aromatic carbocycles. The summed E-state index contributed by atoms with van der Waals surface area (Å²) in [4.78, 5) is 0. The average molecular weight is 525 g/mol. The van der Waals surface area contributed by atoms with E-state index in [-0.39, 0.29) is 23.1 Å². The van der Waals surface area contributed by atoms with Crippen LogP contribution in [0.5, 0.6) is 0 Å². The molecule has 0 saturated carbocycles. The predicted octanol–water partition coefficient (Wildman–Crippen LogP) is -3.48. The zero-order chi connectivity index (χ0) is 9.00. The van der Waals surface area contributed by atoms with Crippen LogP contribution in [0.25, 0.3) is 0 Å². The molecule has 0 bridgehead atoms. The Labute approximate surface area is 82.4 Å². The fraction of sp³-hybridized carbons (Fsp3) is 0. The molecule has 0 aromatic heterocycles. The van der Waals surface area contributed by atoms with Crippen LogP contribution in [0.2, 0.25) is 0 Å². The van der Waals surface area contributed by atoms with Gasteiger partial charge in [0.1, 0.15) is 0 Å². The molecule has 0 fully saturated rings. The molecule has 11 heteroatoms. The SMILES string of the molecule is [Mg+2].[O]=[Re](=[O])(=[O])[O-].[O]=[Re](=[O])(=[O])[O-]. The predicted molar refractivity (Wildman–Crippen MR) is 9.87 cm³/mol. The van der Waals surface area contributed by atoms with Gasteiger partial charge in [-0.2, -0.15) is 0 Å². The third kappa shape index (κ3) is 1280. The monoisotopic (exact) mass is 526 g/mol. The molecule has 0 atom stereocenters. The summed E-state index contributed by atoms with van der Waals surface area (Å²) in [7, 11) is 0. The van der Waals surface area contributed by atoms with E-state index in [2.05, 4.69) is 0 Å². The van der Waals surface area contributed by atoms with E-state index < -0.39 is 31.6 Å². The fourth-order valence-corrected chi connectivity index (χ4v) is 0. The first-order chi connectivity index (χ1) is 4.00. The van der Waals surface area contributed by atoms with Crippen LogP contribution in [-0.4, -0.2) is 23.1 Å². The van der Waals surface area contributed by atoms with Crippen molar-refractivity contribution >= 4 is 23.1 Å². The normalized spacial score (nSPS) is 10.4. The molecule has 64 valence electrons. The standard InChI is InChI=1S/Mg.8O.2Re/q+2;;;;;;;2*-1;;. The van der Waals surface area contributed by atoms with E-state index in [9.17, 15) is 0 Å². The molecule has 0 amide bonds. The van der Waals surface area contributed by atoms with Gasteiger partial charge < -0.3 is 0 Å². The summed E-state index contributed by atoms with van der Waals surface area (Å²) in [5.41, 5.74) is 0. The van der Waals surface area contributed by atoms with E-state index in [0.29, 0.717) is 0 Å². The van der Waals surface area contributed by atoms with Gasteiger partial charge in [-0.15, -0.1) is 0 Å². The Kier molecular flexibility index (Phi) is 10.2. The van der Waals surface area contributed by atoms with Gasteiger partial charge in [0.2, 0.25) is 0 Å². The Hall–Kier alpha value is 0.811. The van der Waals surface area contributed by atoms with E-state index in [4.69, 9.17) is 28.5 Å². The second-order valence-corrected chi connectivity index (χ2v) is 6.19. The summed E-state index contributed by atoms with van der Waals surface area (Å²) in [6, 6.07) is 0. The molecule has 0 aliphatic carbocycles. The second-order valence-electron chi connectivity index (χ2n) is 0.756. The van der Waals surface area contributed by atoms with Crippen molar-refractivity contribution in [1.82, 2.24) is 0 Å². The molecule has 0 N–H and O–H groups in total. The van der Waals surface area contributed by atoms with Gasteiger partial charge in [0.15, 0.2) is 0 Å². The third-order valence-electron chi connectivity index (χ3n) is 0. The number of rotatable bonds is 0. The Bertz CT molecular complexity index is 296. The minimum absolute atomic E-state index is 0. The summed E-state index contributed by atoms with van der Waals surface area (Å²) in [6.07, 6.45) is 0. The molecule has 0 radical (unpaired) electrons. The van der Waals surface area contributed by atoms with Crippen molar-refractivity contribution in [2.75, 3.05) is 0 Å². The van der Waals surface area contributed by atoms with Gasteiger partial charge in [-0.1, -0.05) is 0 Å². The molecule has 0 saturated heterocycles. The second kappa shape index (κ2) is 6.34. The van der Waals surface area contributed by atoms with Gasteiger partial charge in [0.05, 0.1) is 0 Å². The van der Waals surface area contributed by atoms with E-state index in [1.54, 1.807) is 0 Å². The maximum atomic E-state index is 8.64. The Morgan fingerprint density at radius 3 is 0.636 bits per heavy atom. The summed E-state index contributed by atoms with van der Waals surface area (Å²) in [6.45, 7) is 0. The Morgan fingerprint density at radius 1 is 0.636 bits per heavy atom. The third-order valence-corrected chi connectivity index (χ3v) is 0. The Morgan fingerprint density at radius 2 is 0.636 bits per heavy atom. The summed E-state index contributed by atoms with van der Waals surface area (Å²) >= 11 is -12.2. The zero-order valence-corrected chi connectivity index (χ0v) is 11.6. The molecule has 0 spiro atoms. The molecule has 8 nitrogen and oxygen atoms in total. The first-order valence-electron chi connectivity index (χ1n) is 1.23. The van der Waals surface area contributed by atoms with Crippen LogP contribution < -0.4 is 7.66 Å². The van der Waals surface area contributed by atoms with E-state index in [1.165, 1.54) is 0 Å². The van der Waals surface area contributed by atoms with Crippen LogP contribution in [0.3, 0.4) is 0 Å². The average Bonchev–Trinajstić information content (AvgIpc) is 1.12. The molecule has 11 heavy (non-hydrogen) atoms. The van der Waals surface area contributed by atoms with Crippen LogP contribution in [-0.2, 0) is 52.4 Å². The van der Waals surface area contributed by atoms with Crippen molar-refractivity contribution in [3.63, 3.8) is 0 Å². The van der Waals surface area contributed by atoms with Gasteiger partial charge in [0.25, 0.3) is 0 Å². The quantitative estimate of drug-likeness (QED) is 0.297. The molecule has 0 aliphatic rings. The van der Waals surface area contributed by atoms with Gasteiger partial charge >= 0.3 is 83.1 Å². The van der Waals surface area contributed by atoms with Gasteiger partial charge in [-0.05, 0) is 0 Å². The first-order valence-corrected chi connectivity index (χ1v) is 10.1. The van der Waals surface area contributed by atoms with Crippen molar-refractivity contribution in [2.24, 2.45) is 0 Å². The van der Waals surface area contributed by atoms with Gasteiger partial charge in [-0.25, -0.2) is 0 Å². The molecular formula is MgO8Re2. The molecule has 0 unspecified atom stereocenters. The van der Waals surface area contributed by atoms with Crippen LogP contribution >= 0.6 is 0 Å². The molecule has 0 rings (SSSR count). The summed E-state index contributed by atoms with van der Waals surface area (Å²) < 4.78 is 69.1. The molecule has 0 heterocycles. The van der Waals surface area contributed by atoms with Crippen molar-refractivity contribution in [1.29, 1.82) is 0 Å². The topological polar surface area (TPSA) is 149 Å². The van der Waals surface area contributed by atoms with Crippen LogP contribution in [0.1, 0.15) is 0 Å². The van der Waals surface area contributed by atoms with E-state index >= 15 is 0 Å². The summed E-state index contributed by atoms with van der Waals surface area (Å²) in [5, 5.41) is 0. The van der Waals surface area contributed by atoms with Gasteiger partial charge in [0, 0.05) is 0 Å². The van der Waals surface area contributed by atoms with Crippen molar-refractivity contribution in [3.8, 4) is 0 Å².